The summed E-state index contributed by atoms with van der Waals surface area (Å²) in [4.78, 5) is 0. The van der Waals surface area contributed by atoms with Gasteiger partial charge in [0.05, 0.1) is 5.75 Å². The zero-order chi connectivity index (χ0) is 11.7. The first-order valence-electron chi connectivity index (χ1n) is 4.78. The molecule has 0 bridgehead atoms. The third kappa shape index (κ3) is 13.7. The predicted molar refractivity (Wildman–Crippen MR) is 53.3 cm³/mol. The highest BCUT2D eigenvalue weighted by Crippen LogP contribution is 2.02. The van der Waals surface area contributed by atoms with Crippen molar-refractivity contribution in [1.29, 1.82) is 0 Å². The van der Waals surface area contributed by atoms with Crippen molar-refractivity contribution < 1.29 is 21.9 Å². The summed E-state index contributed by atoms with van der Waals surface area (Å²) in [5.41, 5.74) is 0. The number of ether oxygens (including phenoxy) is 1. The van der Waals surface area contributed by atoms with Crippen LogP contribution in [0.2, 0.25) is 0 Å². The molecule has 15 heavy (non-hydrogen) atoms. The maximum absolute atomic E-state index is 11.6. The van der Waals surface area contributed by atoms with E-state index in [9.17, 15) is 17.2 Å². The fraction of sp³-hybridized carbons (Fsp3) is 1.00. The predicted octanol–water partition coefficient (Wildman–Crippen LogP) is 1.12. The summed E-state index contributed by atoms with van der Waals surface area (Å²) in [5.74, 6) is -0.0229. The number of nitrogens with two attached hydrogens (primary N) is 1. The minimum absolute atomic E-state index is 0.0229. The van der Waals surface area contributed by atoms with Crippen molar-refractivity contribution in [2.24, 2.45) is 5.14 Å². The van der Waals surface area contributed by atoms with E-state index in [0.29, 0.717) is 25.9 Å². The molecule has 0 atom stereocenters. The van der Waals surface area contributed by atoms with Gasteiger partial charge in [0, 0.05) is 6.61 Å². The van der Waals surface area contributed by atoms with E-state index < -0.39 is 23.1 Å². The second kappa shape index (κ2) is 7.95. The molecule has 0 radical (unpaired) electrons. The van der Waals surface area contributed by atoms with Crippen molar-refractivity contribution in [3.8, 4) is 0 Å². The van der Waals surface area contributed by atoms with Crippen LogP contribution < -0.4 is 5.14 Å². The smallest absolute Gasteiger partial charge is 0.261 e. The van der Waals surface area contributed by atoms with Crippen LogP contribution in [0.1, 0.15) is 25.7 Å². The summed E-state index contributed by atoms with van der Waals surface area (Å²) in [6, 6.07) is 0. The maximum atomic E-state index is 11.6. The number of alkyl halides is 2. The van der Waals surface area contributed by atoms with Gasteiger partial charge in [-0.2, -0.15) is 0 Å². The van der Waals surface area contributed by atoms with Crippen molar-refractivity contribution in [2.45, 2.75) is 32.1 Å². The number of unbranched alkanes of at least 4 members (excludes halogenated alkanes) is 3. The minimum Gasteiger partial charge on any atom is -0.376 e. The second-order valence-electron chi connectivity index (χ2n) is 3.25. The van der Waals surface area contributed by atoms with Gasteiger partial charge in [-0.1, -0.05) is 12.8 Å². The van der Waals surface area contributed by atoms with Crippen LogP contribution in [0.3, 0.4) is 0 Å². The quantitative estimate of drug-likeness (QED) is 0.619. The summed E-state index contributed by atoms with van der Waals surface area (Å²) in [6.45, 7) is -0.239. The van der Waals surface area contributed by atoms with Crippen molar-refractivity contribution in [2.75, 3.05) is 19.0 Å². The summed E-state index contributed by atoms with van der Waals surface area (Å²) in [5, 5.41) is 4.80. The van der Waals surface area contributed by atoms with Crippen LogP contribution >= 0.6 is 0 Å². The number of sulfonamides is 1. The monoisotopic (exact) mass is 245 g/mol. The summed E-state index contributed by atoms with van der Waals surface area (Å²) in [6.07, 6.45) is 0.227. The van der Waals surface area contributed by atoms with Gasteiger partial charge in [-0.05, 0) is 12.8 Å². The van der Waals surface area contributed by atoms with Crippen LogP contribution in [0.4, 0.5) is 8.78 Å². The first-order chi connectivity index (χ1) is 6.92. The highest BCUT2D eigenvalue weighted by Gasteiger charge is 2.02. The third-order valence-corrected chi connectivity index (χ3v) is 2.57. The van der Waals surface area contributed by atoms with E-state index in [4.69, 9.17) is 5.14 Å². The molecule has 0 aliphatic heterocycles. The Hall–Kier alpha value is -0.270. The summed E-state index contributed by atoms with van der Waals surface area (Å²) >= 11 is 0. The van der Waals surface area contributed by atoms with E-state index in [-0.39, 0.29) is 5.75 Å². The van der Waals surface area contributed by atoms with Crippen molar-refractivity contribution >= 4 is 10.0 Å². The lowest BCUT2D eigenvalue weighted by atomic mass is 10.2. The van der Waals surface area contributed by atoms with Gasteiger partial charge in [-0.15, -0.1) is 0 Å². The fourth-order valence-corrected chi connectivity index (χ4v) is 1.64. The molecule has 0 rings (SSSR count). The molecule has 92 valence electrons. The minimum atomic E-state index is -3.36. The first-order valence-corrected chi connectivity index (χ1v) is 6.50. The molecular weight excluding hydrogens is 228 g/mol. The lowest BCUT2D eigenvalue weighted by molar-refractivity contribution is 0.0162. The number of halogens is 2. The Bertz CT molecular complexity index is 244. The van der Waals surface area contributed by atoms with Gasteiger partial charge < -0.3 is 4.74 Å². The molecular formula is C8H17F2NO3S. The molecule has 0 aliphatic rings. The third-order valence-electron chi connectivity index (χ3n) is 1.71. The average Bonchev–Trinajstić information content (AvgIpc) is 2.07. The standard InChI is InChI=1S/C8H17F2NO3S/c9-8(10)7-14-5-3-1-2-4-6-15(11,12)13/h8H,1-7H2,(H2,11,12,13). The number of rotatable bonds is 9. The van der Waals surface area contributed by atoms with Crippen LogP contribution in [-0.4, -0.2) is 33.8 Å². The zero-order valence-electron chi connectivity index (χ0n) is 8.49. The van der Waals surface area contributed by atoms with Crippen LogP contribution in [0, 0.1) is 0 Å². The van der Waals surface area contributed by atoms with E-state index in [1.807, 2.05) is 0 Å². The van der Waals surface area contributed by atoms with Gasteiger partial charge in [-0.3, -0.25) is 0 Å². The Morgan fingerprint density at radius 3 is 2.27 bits per heavy atom. The molecule has 0 aromatic rings. The summed E-state index contributed by atoms with van der Waals surface area (Å²) < 4.78 is 48.9. The van der Waals surface area contributed by atoms with E-state index in [1.165, 1.54) is 0 Å². The molecule has 0 saturated carbocycles. The average molecular weight is 245 g/mol. The van der Waals surface area contributed by atoms with E-state index in [2.05, 4.69) is 4.74 Å². The highest BCUT2D eigenvalue weighted by atomic mass is 32.2. The van der Waals surface area contributed by atoms with Gasteiger partial charge >= 0.3 is 0 Å². The Balaban J connectivity index is 3.12. The molecule has 0 amide bonds. The Labute approximate surface area is 88.8 Å². The molecule has 4 nitrogen and oxygen atoms in total. The Kier molecular flexibility index (Phi) is 7.81. The lowest BCUT2D eigenvalue weighted by Gasteiger charge is -2.03. The summed E-state index contributed by atoms with van der Waals surface area (Å²) in [7, 11) is -3.36. The highest BCUT2D eigenvalue weighted by molar-refractivity contribution is 7.89. The van der Waals surface area contributed by atoms with Crippen LogP contribution in [0.5, 0.6) is 0 Å². The van der Waals surface area contributed by atoms with Crippen LogP contribution in [0.25, 0.3) is 0 Å². The van der Waals surface area contributed by atoms with Gasteiger partial charge in [0.2, 0.25) is 10.0 Å². The Morgan fingerprint density at radius 1 is 1.13 bits per heavy atom. The molecule has 2 N–H and O–H groups in total. The van der Waals surface area contributed by atoms with Crippen molar-refractivity contribution in [3.63, 3.8) is 0 Å². The zero-order valence-corrected chi connectivity index (χ0v) is 9.31. The molecule has 0 heterocycles. The van der Waals surface area contributed by atoms with Crippen molar-refractivity contribution in [1.82, 2.24) is 0 Å². The SMILES string of the molecule is NS(=O)(=O)CCCCCCOCC(F)F. The molecule has 0 unspecified atom stereocenters. The number of hydrogen-bond donors (Lipinski definition) is 1. The lowest BCUT2D eigenvalue weighted by Crippen LogP contribution is -2.16. The van der Waals surface area contributed by atoms with Crippen molar-refractivity contribution in [3.05, 3.63) is 0 Å². The van der Waals surface area contributed by atoms with Crippen LogP contribution in [0.15, 0.2) is 0 Å². The molecule has 0 aliphatic carbocycles. The fourth-order valence-electron chi connectivity index (χ4n) is 1.03. The van der Waals surface area contributed by atoms with E-state index >= 15 is 0 Å². The van der Waals surface area contributed by atoms with E-state index in [1.54, 1.807) is 0 Å². The molecule has 0 aromatic carbocycles. The molecule has 0 fully saturated rings. The van der Waals surface area contributed by atoms with Crippen LogP contribution in [-0.2, 0) is 14.8 Å². The molecule has 7 heteroatoms. The van der Waals surface area contributed by atoms with Gasteiger partial charge in [0.15, 0.2) is 0 Å². The number of primary sulfonamides is 1. The topological polar surface area (TPSA) is 69.4 Å². The van der Waals surface area contributed by atoms with Gasteiger partial charge in [0.25, 0.3) is 6.43 Å². The molecule has 0 saturated heterocycles. The Morgan fingerprint density at radius 2 is 1.73 bits per heavy atom. The molecule has 0 aromatic heterocycles. The van der Waals surface area contributed by atoms with E-state index in [0.717, 1.165) is 6.42 Å². The first kappa shape index (κ1) is 14.7. The largest absolute Gasteiger partial charge is 0.376 e. The normalized spacial score (nSPS) is 12.3. The van der Waals surface area contributed by atoms with Gasteiger partial charge in [0.1, 0.15) is 6.61 Å². The maximum Gasteiger partial charge on any atom is 0.261 e. The number of hydrogen-bond acceptors (Lipinski definition) is 3. The molecule has 0 spiro atoms. The second-order valence-corrected chi connectivity index (χ2v) is 4.98. The van der Waals surface area contributed by atoms with Gasteiger partial charge in [-0.25, -0.2) is 22.3 Å².